The molecule has 4 N–H and O–H groups in total. The van der Waals surface area contributed by atoms with Crippen molar-refractivity contribution in [3.05, 3.63) is 207 Å². The first-order valence-corrected chi connectivity index (χ1v) is 63.2. The van der Waals surface area contributed by atoms with E-state index in [0.717, 1.165) is 181 Å². The van der Waals surface area contributed by atoms with Crippen LogP contribution in [-0.4, -0.2) is 86.9 Å². The van der Waals surface area contributed by atoms with E-state index in [1.54, 1.807) is 0 Å². The molecule has 150 heavy (non-hydrogen) atoms. The minimum atomic E-state index is 0.0658. The molecule has 22 aliphatic carbocycles. The van der Waals surface area contributed by atoms with Crippen molar-refractivity contribution in [1.29, 1.82) is 0 Å². The molecule has 16 nitrogen and oxygen atoms in total. The Labute approximate surface area is 916 Å². The van der Waals surface area contributed by atoms with Gasteiger partial charge in [-0.15, -0.1) is 0 Å². The van der Waals surface area contributed by atoms with Crippen molar-refractivity contribution in [1.82, 2.24) is 60.4 Å². The molecule has 22 aliphatic rings. The number of nitrogens with one attached hydrogen (secondary N) is 4. The number of fused-ring (bicyclic) bond motifs is 6. The van der Waals surface area contributed by atoms with Crippen LogP contribution in [0.5, 0.6) is 0 Å². The third-order valence-electron chi connectivity index (χ3n) is 43.7. The molecule has 18 saturated carbocycles. The molecule has 7 unspecified atom stereocenters. The fourth-order valence-corrected chi connectivity index (χ4v) is 38.3. The van der Waals surface area contributed by atoms with Gasteiger partial charge in [0.25, 0.3) is 23.6 Å². The van der Waals surface area contributed by atoms with E-state index in [0.29, 0.717) is 101 Å². The average Bonchev–Trinajstić information content (AvgIpc) is 1.54. The number of hydrogen-bond acceptors (Lipinski definition) is 8. The lowest BCUT2D eigenvalue weighted by molar-refractivity contribution is -0.0688. The lowest BCUT2D eigenvalue weighted by Gasteiger charge is -2.59. The van der Waals surface area contributed by atoms with Crippen molar-refractivity contribution in [3.63, 3.8) is 0 Å². The van der Waals surface area contributed by atoms with Gasteiger partial charge in [0, 0.05) is 113 Å². The van der Waals surface area contributed by atoms with Gasteiger partial charge in [-0.25, -0.2) is 0 Å². The van der Waals surface area contributed by atoms with Crippen LogP contribution in [0.15, 0.2) is 97.1 Å². The van der Waals surface area contributed by atoms with Crippen molar-refractivity contribution in [3.8, 4) is 0 Å². The van der Waals surface area contributed by atoms with Crippen LogP contribution in [0.1, 0.15) is 512 Å². The highest BCUT2D eigenvalue weighted by molar-refractivity contribution is 6.32. The van der Waals surface area contributed by atoms with E-state index >= 15 is 0 Å². The molecule has 4 aromatic heterocycles. The summed E-state index contributed by atoms with van der Waals surface area (Å²) in [5.41, 5.74) is 19.1. The summed E-state index contributed by atoms with van der Waals surface area (Å²) in [6.45, 7) is 9.44. The van der Waals surface area contributed by atoms with Crippen molar-refractivity contribution >= 4 is 70.0 Å². The first-order valence-electron chi connectivity index (χ1n) is 61.7. The Morgan fingerprint density at radius 1 is 0.340 bits per heavy atom. The molecule has 30 rings (SSSR count). The number of carbonyl (C=O) groups is 4. The predicted molar refractivity (Wildman–Crippen MR) is 604 cm³/mol. The fraction of sp³-hybridized carbons (Fsp3) is 0.692. The summed E-state index contributed by atoms with van der Waals surface area (Å²) in [5.74, 6) is 11.7. The topological polar surface area (TPSA) is 188 Å². The van der Waals surface area contributed by atoms with E-state index in [-0.39, 0.29) is 46.5 Å². The number of rotatable bonds is 21. The smallest absolute Gasteiger partial charge is 0.272 e. The van der Waals surface area contributed by atoms with E-state index in [9.17, 15) is 19.2 Å². The number of hydrogen-bond donors (Lipinski definition) is 4. The standard InChI is InChI=1S/C34H46ClN3O.2C32H42ClN3O.C32H44ClN3O/c1-22(34-19-24-14-25(20-34)16-26(15-24)21-34)36-33(39)31-30-13-6-5-9-27(17-23-8-7-10-28(35)18-23)32(30)38(37-31)29-11-3-2-4-12-29;33-28-13-7-5-8-22(28)19-23-9-4-6-12-27-30(35-36(31(23)27)26-10-2-1-3-11-26)32(37)34-29-24-15-20-14-21(17-24)18-25(29)16-20;33-26-9-6-7-20(19-26)14-23-8-4-5-12-28-30(35-36(31(23)28)27-10-2-1-3-11-27)32(37)34-29-24-15-21-13-22(17-24)18-25(29)16-21;1-31(2)23-17-18-32(3,20-23)30(31)34-29(37)27-25-15-9-7-12-22(19-21-11-8-10-16-26(21)33)28(25)36(35-27)24-13-5-4-6-14-24/h7-8,10,18,22,24-27,29H,2-6,9,11-17,19-21H2,1H3,(H,36,39);5,7-8,13,20-21,23-26,29H,1-4,6,9-12,14-19H2,(H,34,37);6-7,9,19,21-25,27,29H,1-5,8,10-18H2,(H,34,37);8,10-11,16,22-24,30H,4-7,9,12-15,17-20H2,1-3H3,(H,34,37)/t;;;22?,23?,30-,32?/m...1/s1. The molecule has 4 aromatic carbocycles. The molecule has 806 valence electrons. The van der Waals surface area contributed by atoms with Crippen molar-refractivity contribution in [2.24, 2.45) is 87.3 Å². The second-order valence-electron chi connectivity index (χ2n) is 54.0. The third-order valence-corrected chi connectivity index (χ3v) is 44.9. The number of benzene rings is 4. The molecule has 8 atom stereocenters. The monoisotopic (exact) mass is 2110 g/mol. The molecule has 0 aliphatic heterocycles. The SMILES string of the molecule is CC(NC(=O)c1nn(C2CCCCC2)c2c1CCCCC2Cc1cccc(Cl)c1)C12CC3CC(CC(C3)C1)C2.CC12CCC(C1)C(C)(C)[C@H]2NC(=O)c1nn(C2CCCCC2)c2c1CCCCC2Cc1ccccc1Cl.O=C(NC1C2CC3CC(C2)CC1C3)c1nn(C2CCCCC2)c2c1CCCCC2Cc1cccc(Cl)c1.O=C(NC1C2CC3CC(C2)CC1C3)c1nn(C2CCCCC2)c2c1CCCCC2Cc1ccccc1Cl. The van der Waals surface area contributed by atoms with Crippen molar-refractivity contribution < 1.29 is 19.2 Å². The zero-order valence-electron chi connectivity index (χ0n) is 91.0. The Balaban J connectivity index is 0.000000106. The summed E-state index contributed by atoms with van der Waals surface area (Å²) in [7, 11) is 0. The minimum absolute atomic E-state index is 0.0658. The lowest BCUT2D eigenvalue weighted by atomic mass is 9.48. The Morgan fingerprint density at radius 2 is 0.653 bits per heavy atom. The van der Waals surface area contributed by atoms with Gasteiger partial charge in [0.15, 0.2) is 22.8 Å². The summed E-state index contributed by atoms with van der Waals surface area (Å²) in [5, 5.41) is 38.6. The van der Waals surface area contributed by atoms with Crippen LogP contribution in [0, 0.1) is 87.3 Å². The average molecular weight is 2110 g/mol. The number of halogens is 4. The van der Waals surface area contributed by atoms with Crippen LogP contribution in [-0.2, 0) is 51.4 Å². The molecular formula is C130H174Cl4N12O4. The van der Waals surface area contributed by atoms with E-state index in [2.05, 4.69) is 128 Å². The molecule has 20 heteroatoms. The summed E-state index contributed by atoms with van der Waals surface area (Å²) in [6, 6.07) is 36.1. The van der Waals surface area contributed by atoms with Crippen LogP contribution in [0.3, 0.4) is 0 Å². The largest absolute Gasteiger partial charge is 0.348 e. The van der Waals surface area contributed by atoms with Crippen LogP contribution in [0.2, 0.25) is 20.1 Å². The maximum absolute atomic E-state index is 14.1. The first-order chi connectivity index (χ1) is 73.0. The molecule has 4 amide bonds. The number of amides is 4. The first kappa shape index (κ1) is 104. The highest BCUT2D eigenvalue weighted by Crippen LogP contribution is 2.65. The summed E-state index contributed by atoms with van der Waals surface area (Å²) in [4.78, 5) is 56.3. The lowest BCUT2D eigenvalue weighted by Crippen LogP contribution is -2.56. The Morgan fingerprint density at radius 3 is 0.980 bits per heavy atom. The number of aromatic nitrogens is 8. The second kappa shape index (κ2) is 45.0. The van der Waals surface area contributed by atoms with E-state index in [1.807, 2.05) is 36.4 Å². The van der Waals surface area contributed by atoms with Gasteiger partial charge in [-0.2, -0.15) is 20.4 Å². The molecule has 0 saturated heterocycles. The van der Waals surface area contributed by atoms with Crippen LogP contribution >= 0.6 is 46.4 Å². The van der Waals surface area contributed by atoms with Crippen LogP contribution in [0.25, 0.3) is 0 Å². The molecule has 8 aromatic rings. The van der Waals surface area contributed by atoms with Gasteiger partial charge < -0.3 is 21.3 Å². The zero-order chi connectivity index (χ0) is 102. The maximum Gasteiger partial charge on any atom is 0.272 e. The van der Waals surface area contributed by atoms with Gasteiger partial charge in [-0.1, -0.05) is 231 Å². The normalized spacial score (nSPS) is 32.7. The Kier molecular flexibility index (Phi) is 31.3. The fourth-order valence-electron chi connectivity index (χ4n) is 37.4. The van der Waals surface area contributed by atoms with Crippen molar-refractivity contribution in [2.45, 2.75) is 479 Å². The number of nitrogens with zero attached hydrogens (tertiary/aromatic N) is 8. The maximum atomic E-state index is 14.1. The molecule has 14 bridgehead atoms. The zero-order valence-corrected chi connectivity index (χ0v) is 94.1. The highest BCUT2D eigenvalue weighted by atomic mass is 35.5. The summed E-state index contributed by atoms with van der Waals surface area (Å²) in [6.07, 6.45) is 72.0. The van der Waals surface area contributed by atoms with Gasteiger partial charge in [0.1, 0.15) is 0 Å². The molecule has 0 spiro atoms. The molecular weight excluding hydrogens is 1940 g/mol. The van der Waals surface area contributed by atoms with Crippen LogP contribution in [0.4, 0.5) is 0 Å². The van der Waals surface area contributed by atoms with Gasteiger partial charge in [0.05, 0.1) is 24.2 Å². The van der Waals surface area contributed by atoms with Gasteiger partial charge in [-0.05, 0) is 429 Å². The van der Waals surface area contributed by atoms with E-state index in [1.165, 1.54) is 343 Å². The third kappa shape index (κ3) is 21.6. The molecule has 4 heterocycles. The van der Waals surface area contributed by atoms with E-state index < -0.39 is 0 Å². The molecule has 0 radical (unpaired) electrons. The van der Waals surface area contributed by atoms with Crippen molar-refractivity contribution in [2.75, 3.05) is 0 Å². The van der Waals surface area contributed by atoms with E-state index in [4.69, 9.17) is 66.8 Å². The van der Waals surface area contributed by atoms with Gasteiger partial charge in [-0.3, -0.25) is 37.9 Å². The van der Waals surface area contributed by atoms with Gasteiger partial charge >= 0.3 is 0 Å². The van der Waals surface area contributed by atoms with Crippen LogP contribution < -0.4 is 21.3 Å². The summed E-state index contributed by atoms with van der Waals surface area (Å²) < 4.78 is 9.41. The summed E-state index contributed by atoms with van der Waals surface area (Å²) >= 11 is 26.0. The Hall–Kier alpha value is -7.24. The second-order valence-corrected chi connectivity index (χ2v) is 55.7. The molecule has 18 fully saturated rings. The Bertz CT molecular complexity index is 6030. The quantitative estimate of drug-likeness (QED) is 0.0512. The minimum Gasteiger partial charge on any atom is -0.348 e. The predicted octanol–water partition coefficient (Wildman–Crippen LogP) is 31.8. The van der Waals surface area contributed by atoms with Gasteiger partial charge in [0.2, 0.25) is 0 Å². The number of carbonyl (C=O) groups excluding carboxylic acids is 4. The highest BCUT2D eigenvalue weighted by Gasteiger charge is 2.61.